The third kappa shape index (κ3) is 5.33. The Balaban J connectivity index is 1.96. The molecule has 0 atom stereocenters. The first-order valence-electron chi connectivity index (χ1n) is 8.23. The fourth-order valence-electron chi connectivity index (χ4n) is 2.53. The van der Waals surface area contributed by atoms with Gasteiger partial charge in [0.15, 0.2) is 0 Å². The SMILES string of the molecule is CC(=O)N(CCC(=O)Nc1cccc(Cl)c1C)Cc1ccccc1C. The van der Waals surface area contributed by atoms with Crippen LogP contribution in [0.5, 0.6) is 0 Å². The molecule has 0 aliphatic heterocycles. The molecule has 132 valence electrons. The van der Waals surface area contributed by atoms with Crippen molar-refractivity contribution in [1.82, 2.24) is 4.90 Å². The van der Waals surface area contributed by atoms with Crippen LogP contribution in [0, 0.1) is 13.8 Å². The van der Waals surface area contributed by atoms with E-state index in [0.717, 1.165) is 16.7 Å². The van der Waals surface area contributed by atoms with E-state index in [2.05, 4.69) is 5.32 Å². The van der Waals surface area contributed by atoms with Crippen LogP contribution >= 0.6 is 11.6 Å². The standard InChI is InChI=1S/C20H23ClN2O2/c1-14-7-4-5-8-17(14)13-23(16(3)24)12-11-20(25)22-19-10-6-9-18(21)15(19)2/h4-10H,11-13H2,1-3H3,(H,22,25). The zero-order valence-corrected chi connectivity index (χ0v) is 15.6. The molecule has 2 aromatic carbocycles. The van der Waals surface area contributed by atoms with Gasteiger partial charge in [-0.25, -0.2) is 0 Å². The molecular weight excluding hydrogens is 336 g/mol. The largest absolute Gasteiger partial charge is 0.338 e. The zero-order chi connectivity index (χ0) is 18.4. The summed E-state index contributed by atoms with van der Waals surface area (Å²) >= 11 is 6.07. The quantitative estimate of drug-likeness (QED) is 0.835. The number of nitrogens with zero attached hydrogens (tertiary/aromatic N) is 1. The highest BCUT2D eigenvalue weighted by atomic mass is 35.5. The van der Waals surface area contributed by atoms with E-state index in [4.69, 9.17) is 11.6 Å². The molecule has 0 aromatic heterocycles. The Morgan fingerprint density at radius 2 is 1.80 bits per heavy atom. The lowest BCUT2D eigenvalue weighted by Crippen LogP contribution is -2.31. The predicted molar refractivity (Wildman–Crippen MR) is 102 cm³/mol. The normalized spacial score (nSPS) is 10.4. The van der Waals surface area contributed by atoms with Crippen LogP contribution < -0.4 is 5.32 Å². The molecule has 0 saturated carbocycles. The highest BCUT2D eigenvalue weighted by Gasteiger charge is 2.13. The lowest BCUT2D eigenvalue weighted by molar-refractivity contribution is -0.129. The summed E-state index contributed by atoms with van der Waals surface area (Å²) in [6.07, 6.45) is 0.234. The van der Waals surface area contributed by atoms with E-state index in [9.17, 15) is 9.59 Å². The average molecular weight is 359 g/mol. The van der Waals surface area contributed by atoms with E-state index in [1.54, 1.807) is 17.0 Å². The summed E-state index contributed by atoms with van der Waals surface area (Å²) in [6.45, 7) is 6.28. The number of amides is 2. The van der Waals surface area contributed by atoms with Crippen molar-refractivity contribution >= 4 is 29.1 Å². The van der Waals surface area contributed by atoms with Crippen LogP contribution in [-0.2, 0) is 16.1 Å². The lowest BCUT2D eigenvalue weighted by atomic mass is 10.1. The van der Waals surface area contributed by atoms with E-state index >= 15 is 0 Å². The second-order valence-electron chi connectivity index (χ2n) is 6.08. The van der Waals surface area contributed by atoms with Crippen molar-refractivity contribution in [3.63, 3.8) is 0 Å². The first kappa shape index (κ1) is 19.0. The van der Waals surface area contributed by atoms with Crippen molar-refractivity contribution in [2.45, 2.75) is 33.7 Å². The number of anilines is 1. The van der Waals surface area contributed by atoms with Crippen LogP contribution in [0.25, 0.3) is 0 Å². The van der Waals surface area contributed by atoms with Gasteiger partial charge in [0, 0.05) is 37.1 Å². The number of halogens is 1. The Bertz CT molecular complexity index is 774. The molecule has 0 aliphatic rings. The number of carbonyl (C=O) groups is 2. The third-order valence-electron chi connectivity index (χ3n) is 4.22. The van der Waals surface area contributed by atoms with Gasteiger partial charge in [0.1, 0.15) is 0 Å². The fraction of sp³-hybridized carbons (Fsp3) is 0.300. The molecule has 2 aromatic rings. The summed E-state index contributed by atoms with van der Waals surface area (Å²) in [4.78, 5) is 25.8. The highest BCUT2D eigenvalue weighted by Crippen LogP contribution is 2.23. The van der Waals surface area contributed by atoms with E-state index in [0.29, 0.717) is 23.8 Å². The monoisotopic (exact) mass is 358 g/mol. The predicted octanol–water partition coefficient (Wildman–Crippen LogP) is 4.33. The van der Waals surface area contributed by atoms with Crippen LogP contribution in [-0.4, -0.2) is 23.3 Å². The van der Waals surface area contributed by atoms with E-state index in [1.807, 2.05) is 44.2 Å². The minimum Gasteiger partial charge on any atom is -0.338 e. The van der Waals surface area contributed by atoms with Gasteiger partial charge in [0.25, 0.3) is 0 Å². The first-order chi connectivity index (χ1) is 11.9. The van der Waals surface area contributed by atoms with Crippen molar-refractivity contribution in [1.29, 1.82) is 0 Å². The van der Waals surface area contributed by atoms with Crippen molar-refractivity contribution in [2.75, 3.05) is 11.9 Å². The Morgan fingerprint density at radius 3 is 2.48 bits per heavy atom. The maximum atomic E-state index is 12.2. The van der Waals surface area contributed by atoms with Gasteiger partial charge in [-0.05, 0) is 42.7 Å². The zero-order valence-electron chi connectivity index (χ0n) is 14.8. The lowest BCUT2D eigenvalue weighted by Gasteiger charge is -2.22. The van der Waals surface area contributed by atoms with Gasteiger partial charge < -0.3 is 10.2 Å². The van der Waals surface area contributed by atoms with E-state index in [1.165, 1.54) is 6.92 Å². The molecule has 0 saturated heterocycles. The summed E-state index contributed by atoms with van der Waals surface area (Å²) in [5.41, 5.74) is 3.75. The molecule has 0 aliphatic carbocycles. The molecule has 0 fully saturated rings. The summed E-state index contributed by atoms with van der Waals surface area (Å²) in [5.74, 6) is -0.184. The summed E-state index contributed by atoms with van der Waals surface area (Å²) in [5, 5.41) is 3.47. The smallest absolute Gasteiger partial charge is 0.226 e. The van der Waals surface area contributed by atoms with E-state index < -0.39 is 0 Å². The maximum Gasteiger partial charge on any atom is 0.226 e. The summed E-state index contributed by atoms with van der Waals surface area (Å²) in [6, 6.07) is 13.3. The average Bonchev–Trinajstić information content (AvgIpc) is 2.57. The Morgan fingerprint density at radius 1 is 1.08 bits per heavy atom. The summed E-state index contributed by atoms with van der Waals surface area (Å²) in [7, 11) is 0. The molecule has 2 rings (SSSR count). The second-order valence-corrected chi connectivity index (χ2v) is 6.48. The van der Waals surface area contributed by atoms with E-state index in [-0.39, 0.29) is 18.2 Å². The molecule has 0 heterocycles. The van der Waals surface area contributed by atoms with Crippen LogP contribution in [0.2, 0.25) is 5.02 Å². The van der Waals surface area contributed by atoms with Gasteiger partial charge in [-0.1, -0.05) is 41.9 Å². The molecule has 4 nitrogen and oxygen atoms in total. The van der Waals surface area contributed by atoms with Crippen LogP contribution in [0.15, 0.2) is 42.5 Å². The first-order valence-corrected chi connectivity index (χ1v) is 8.61. The molecule has 0 unspecified atom stereocenters. The molecule has 25 heavy (non-hydrogen) atoms. The molecule has 0 radical (unpaired) electrons. The van der Waals surface area contributed by atoms with Crippen molar-refractivity contribution in [2.24, 2.45) is 0 Å². The Hall–Kier alpha value is -2.33. The van der Waals surface area contributed by atoms with Gasteiger partial charge in [-0.15, -0.1) is 0 Å². The number of carbonyl (C=O) groups excluding carboxylic acids is 2. The van der Waals surface area contributed by atoms with Gasteiger partial charge in [0.2, 0.25) is 11.8 Å². The van der Waals surface area contributed by atoms with Crippen molar-refractivity contribution in [3.05, 3.63) is 64.2 Å². The van der Waals surface area contributed by atoms with Crippen molar-refractivity contribution < 1.29 is 9.59 Å². The minimum atomic E-state index is -0.138. The fourth-order valence-corrected chi connectivity index (χ4v) is 2.71. The highest BCUT2D eigenvalue weighted by molar-refractivity contribution is 6.31. The molecule has 1 N–H and O–H groups in total. The van der Waals surface area contributed by atoms with Gasteiger partial charge in [-0.3, -0.25) is 9.59 Å². The molecular formula is C20H23ClN2O2. The number of rotatable bonds is 6. The Kier molecular flexibility index (Phi) is 6.59. The van der Waals surface area contributed by atoms with Crippen LogP contribution in [0.4, 0.5) is 5.69 Å². The van der Waals surface area contributed by atoms with Gasteiger partial charge >= 0.3 is 0 Å². The molecule has 2 amide bonds. The number of hydrogen-bond donors (Lipinski definition) is 1. The van der Waals surface area contributed by atoms with Crippen LogP contribution in [0.1, 0.15) is 30.0 Å². The maximum absolute atomic E-state index is 12.2. The number of benzene rings is 2. The third-order valence-corrected chi connectivity index (χ3v) is 4.63. The number of nitrogens with one attached hydrogen (secondary N) is 1. The van der Waals surface area contributed by atoms with Gasteiger partial charge in [-0.2, -0.15) is 0 Å². The Labute approximate surface area is 153 Å². The van der Waals surface area contributed by atoms with Gasteiger partial charge in [0.05, 0.1) is 0 Å². The minimum absolute atomic E-state index is 0.0463. The second kappa shape index (κ2) is 8.67. The topological polar surface area (TPSA) is 49.4 Å². The van der Waals surface area contributed by atoms with Crippen molar-refractivity contribution in [3.8, 4) is 0 Å². The summed E-state index contributed by atoms with van der Waals surface area (Å²) < 4.78 is 0. The number of aryl methyl sites for hydroxylation is 1. The molecule has 0 spiro atoms. The molecule has 5 heteroatoms. The number of hydrogen-bond acceptors (Lipinski definition) is 2. The molecule has 0 bridgehead atoms. The van der Waals surface area contributed by atoms with Crippen LogP contribution in [0.3, 0.4) is 0 Å².